The molecule has 0 radical (unpaired) electrons. The molecule has 0 aliphatic carbocycles. The second-order valence-electron chi connectivity index (χ2n) is 3.25. The SMILES string of the molecule is COc1ccc(C2(O)CSC2)cc1. The molecule has 1 heterocycles. The largest absolute Gasteiger partial charge is 0.497 e. The van der Waals surface area contributed by atoms with Crippen molar-refractivity contribution in [2.75, 3.05) is 18.6 Å². The molecule has 0 atom stereocenters. The van der Waals surface area contributed by atoms with Gasteiger partial charge in [-0.05, 0) is 17.7 Å². The molecule has 0 saturated carbocycles. The van der Waals surface area contributed by atoms with E-state index in [0.717, 1.165) is 22.8 Å². The van der Waals surface area contributed by atoms with E-state index in [1.807, 2.05) is 24.3 Å². The highest BCUT2D eigenvalue weighted by molar-refractivity contribution is 8.00. The molecule has 13 heavy (non-hydrogen) atoms. The Morgan fingerprint density at radius 3 is 2.31 bits per heavy atom. The van der Waals surface area contributed by atoms with Crippen molar-refractivity contribution in [1.29, 1.82) is 0 Å². The van der Waals surface area contributed by atoms with Crippen LogP contribution < -0.4 is 4.74 Å². The summed E-state index contributed by atoms with van der Waals surface area (Å²) in [6.45, 7) is 0. The number of benzene rings is 1. The number of methoxy groups -OCH3 is 1. The zero-order chi connectivity index (χ0) is 9.31. The summed E-state index contributed by atoms with van der Waals surface area (Å²) < 4.78 is 5.05. The third-order valence-corrected chi connectivity index (χ3v) is 3.67. The first-order valence-corrected chi connectivity index (χ1v) is 5.35. The van der Waals surface area contributed by atoms with Gasteiger partial charge in [0, 0.05) is 11.5 Å². The van der Waals surface area contributed by atoms with Gasteiger partial charge < -0.3 is 9.84 Å². The highest BCUT2D eigenvalue weighted by Gasteiger charge is 2.36. The fourth-order valence-corrected chi connectivity index (χ4v) is 2.29. The number of thioether (sulfide) groups is 1. The van der Waals surface area contributed by atoms with Crippen LogP contribution in [0.15, 0.2) is 24.3 Å². The lowest BCUT2D eigenvalue weighted by atomic mass is 9.97. The molecule has 0 aromatic heterocycles. The molecular weight excluding hydrogens is 184 g/mol. The Kier molecular flexibility index (Phi) is 2.22. The molecule has 0 spiro atoms. The number of hydrogen-bond donors (Lipinski definition) is 1. The molecule has 70 valence electrons. The van der Waals surface area contributed by atoms with E-state index in [0.29, 0.717) is 0 Å². The minimum absolute atomic E-state index is 0.586. The third-order valence-electron chi connectivity index (χ3n) is 2.31. The number of ether oxygens (including phenoxy) is 1. The Hall–Kier alpha value is -0.670. The van der Waals surface area contributed by atoms with Crippen LogP contribution in [0, 0.1) is 0 Å². The lowest BCUT2D eigenvalue weighted by Crippen LogP contribution is -2.39. The van der Waals surface area contributed by atoms with Gasteiger partial charge in [0.2, 0.25) is 0 Å². The smallest absolute Gasteiger partial charge is 0.118 e. The van der Waals surface area contributed by atoms with Crippen molar-refractivity contribution >= 4 is 11.8 Å². The van der Waals surface area contributed by atoms with Crippen LogP contribution in [0.1, 0.15) is 5.56 Å². The summed E-state index contributed by atoms with van der Waals surface area (Å²) in [6, 6.07) is 7.63. The van der Waals surface area contributed by atoms with Crippen LogP contribution >= 0.6 is 11.8 Å². The zero-order valence-corrected chi connectivity index (χ0v) is 8.30. The Labute approximate surface area is 81.9 Å². The fourth-order valence-electron chi connectivity index (χ4n) is 1.36. The average molecular weight is 196 g/mol. The van der Waals surface area contributed by atoms with Crippen molar-refractivity contribution in [2.45, 2.75) is 5.60 Å². The van der Waals surface area contributed by atoms with E-state index in [9.17, 15) is 5.11 Å². The normalized spacial score (nSPS) is 19.2. The quantitative estimate of drug-likeness (QED) is 0.779. The molecule has 0 unspecified atom stereocenters. The van der Waals surface area contributed by atoms with Crippen molar-refractivity contribution in [3.8, 4) is 5.75 Å². The van der Waals surface area contributed by atoms with E-state index in [4.69, 9.17) is 4.74 Å². The van der Waals surface area contributed by atoms with Gasteiger partial charge in [-0.2, -0.15) is 11.8 Å². The van der Waals surface area contributed by atoms with Gasteiger partial charge in [0.15, 0.2) is 0 Å². The van der Waals surface area contributed by atoms with Crippen LogP contribution in [0.5, 0.6) is 5.75 Å². The standard InChI is InChI=1S/C10H12O2S/c1-12-9-4-2-8(3-5-9)10(11)6-13-7-10/h2-5,11H,6-7H2,1H3. The Balaban J connectivity index is 2.22. The van der Waals surface area contributed by atoms with Gasteiger partial charge in [-0.15, -0.1) is 0 Å². The molecule has 1 aromatic rings. The number of hydrogen-bond acceptors (Lipinski definition) is 3. The van der Waals surface area contributed by atoms with Crippen LogP contribution in [0.4, 0.5) is 0 Å². The molecule has 1 fully saturated rings. The molecule has 1 saturated heterocycles. The number of aliphatic hydroxyl groups is 1. The summed E-state index contributed by atoms with van der Waals surface area (Å²) in [5.41, 5.74) is 0.406. The maximum atomic E-state index is 9.98. The first-order chi connectivity index (χ1) is 6.24. The Morgan fingerprint density at radius 1 is 1.31 bits per heavy atom. The van der Waals surface area contributed by atoms with Gasteiger partial charge in [0.1, 0.15) is 11.4 Å². The van der Waals surface area contributed by atoms with Crippen molar-refractivity contribution in [1.82, 2.24) is 0 Å². The lowest BCUT2D eigenvalue weighted by Gasteiger charge is -2.36. The minimum Gasteiger partial charge on any atom is -0.497 e. The topological polar surface area (TPSA) is 29.5 Å². The fraction of sp³-hybridized carbons (Fsp3) is 0.400. The van der Waals surface area contributed by atoms with Crippen LogP contribution in [0.2, 0.25) is 0 Å². The summed E-state index contributed by atoms with van der Waals surface area (Å²) in [5, 5.41) is 9.98. The van der Waals surface area contributed by atoms with E-state index in [1.165, 1.54) is 0 Å². The number of rotatable bonds is 2. The van der Waals surface area contributed by atoms with Crippen LogP contribution in [-0.2, 0) is 5.60 Å². The highest BCUT2D eigenvalue weighted by atomic mass is 32.2. The van der Waals surface area contributed by atoms with E-state index in [1.54, 1.807) is 18.9 Å². The third kappa shape index (κ3) is 1.54. The molecular formula is C10H12O2S. The van der Waals surface area contributed by atoms with Gasteiger partial charge >= 0.3 is 0 Å². The zero-order valence-electron chi connectivity index (χ0n) is 7.49. The van der Waals surface area contributed by atoms with Crippen molar-refractivity contribution < 1.29 is 9.84 Å². The maximum Gasteiger partial charge on any atom is 0.118 e. The monoisotopic (exact) mass is 196 g/mol. The van der Waals surface area contributed by atoms with E-state index >= 15 is 0 Å². The Bertz CT molecular complexity index is 290. The second kappa shape index (κ2) is 3.24. The summed E-state index contributed by atoms with van der Waals surface area (Å²) in [4.78, 5) is 0. The first kappa shape index (κ1) is 8.91. The van der Waals surface area contributed by atoms with Gasteiger partial charge in [-0.3, -0.25) is 0 Å². The van der Waals surface area contributed by atoms with Crippen LogP contribution in [0.3, 0.4) is 0 Å². The van der Waals surface area contributed by atoms with Crippen molar-refractivity contribution in [3.63, 3.8) is 0 Å². The van der Waals surface area contributed by atoms with Crippen LogP contribution in [0.25, 0.3) is 0 Å². The van der Waals surface area contributed by atoms with E-state index < -0.39 is 5.60 Å². The maximum absolute atomic E-state index is 9.98. The minimum atomic E-state index is -0.586. The van der Waals surface area contributed by atoms with Gasteiger partial charge in [0.05, 0.1) is 7.11 Å². The molecule has 2 nitrogen and oxygen atoms in total. The average Bonchev–Trinajstić information content (AvgIpc) is 2.14. The molecule has 1 aromatic carbocycles. The molecule has 0 amide bonds. The van der Waals surface area contributed by atoms with Crippen molar-refractivity contribution in [2.24, 2.45) is 0 Å². The summed E-state index contributed by atoms with van der Waals surface area (Å²) >= 11 is 1.77. The highest BCUT2D eigenvalue weighted by Crippen LogP contribution is 2.38. The molecule has 2 rings (SSSR count). The van der Waals surface area contributed by atoms with E-state index in [2.05, 4.69) is 0 Å². The van der Waals surface area contributed by atoms with Crippen molar-refractivity contribution in [3.05, 3.63) is 29.8 Å². The molecule has 1 N–H and O–H groups in total. The first-order valence-electron chi connectivity index (χ1n) is 4.19. The summed E-state index contributed by atoms with van der Waals surface area (Å²) in [7, 11) is 1.64. The van der Waals surface area contributed by atoms with E-state index in [-0.39, 0.29) is 0 Å². The second-order valence-corrected chi connectivity index (χ2v) is 4.24. The van der Waals surface area contributed by atoms with Gasteiger partial charge in [0.25, 0.3) is 0 Å². The summed E-state index contributed by atoms with van der Waals surface area (Å²) in [5.74, 6) is 2.44. The lowest BCUT2D eigenvalue weighted by molar-refractivity contribution is 0.0768. The van der Waals surface area contributed by atoms with Gasteiger partial charge in [-0.25, -0.2) is 0 Å². The molecule has 0 bridgehead atoms. The summed E-state index contributed by atoms with van der Waals surface area (Å²) in [6.07, 6.45) is 0. The predicted molar refractivity (Wildman–Crippen MR) is 54.2 cm³/mol. The van der Waals surface area contributed by atoms with Crippen LogP contribution in [-0.4, -0.2) is 23.7 Å². The molecule has 3 heteroatoms. The Morgan fingerprint density at radius 2 is 1.92 bits per heavy atom. The molecule has 1 aliphatic heterocycles. The molecule has 1 aliphatic rings. The predicted octanol–water partition coefficient (Wildman–Crippen LogP) is 1.63. The van der Waals surface area contributed by atoms with Gasteiger partial charge in [-0.1, -0.05) is 12.1 Å².